The van der Waals surface area contributed by atoms with Crippen molar-refractivity contribution >= 4 is 17.5 Å². The van der Waals surface area contributed by atoms with Crippen LogP contribution in [-0.4, -0.2) is 29.0 Å². The molecule has 1 atom stereocenters. The fourth-order valence-electron chi connectivity index (χ4n) is 1.07. The molecule has 1 N–H and O–H groups in total. The van der Waals surface area contributed by atoms with E-state index in [1.54, 1.807) is 6.92 Å². The van der Waals surface area contributed by atoms with Gasteiger partial charge in [0.15, 0.2) is 6.20 Å². The molecular formula is C9H11N3O4. The third-order valence-corrected chi connectivity index (χ3v) is 1.87. The Labute approximate surface area is 91.6 Å². The summed E-state index contributed by atoms with van der Waals surface area (Å²) in [4.78, 5) is 24.4. The van der Waals surface area contributed by atoms with Crippen molar-refractivity contribution in [2.45, 2.75) is 13.0 Å². The van der Waals surface area contributed by atoms with Gasteiger partial charge in [-0.15, -0.1) is 0 Å². The molecule has 0 saturated carbocycles. The number of esters is 1. The first-order valence-electron chi connectivity index (χ1n) is 4.49. The molecule has 0 radical (unpaired) electrons. The summed E-state index contributed by atoms with van der Waals surface area (Å²) in [6.45, 7) is 1.62. The summed E-state index contributed by atoms with van der Waals surface area (Å²) in [5, 5.41) is 13.1. The summed E-state index contributed by atoms with van der Waals surface area (Å²) < 4.78 is 4.52. The van der Waals surface area contributed by atoms with E-state index in [0.717, 1.165) is 0 Å². The van der Waals surface area contributed by atoms with Gasteiger partial charge in [-0.05, 0) is 22.9 Å². The molecule has 7 heteroatoms. The molecule has 7 nitrogen and oxygen atoms in total. The average molecular weight is 225 g/mol. The molecule has 1 aromatic rings. The van der Waals surface area contributed by atoms with Crippen molar-refractivity contribution in [1.29, 1.82) is 0 Å². The first kappa shape index (κ1) is 11.9. The van der Waals surface area contributed by atoms with E-state index in [-0.39, 0.29) is 5.82 Å². The topological polar surface area (TPSA) is 94.4 Å². The lowest BCUT2D eigenvalue weighted by Gasteiger charge is -2.11. The number of nitro groups is 1. The molecule has 0 aliphatic rings. The van der Waals surface area contributed by atoms with Gasteiger partial charge < -0.3 is 20.2 Å². The zero-order valence-corrected chi connectivity index (χ0v) is 8.84. The first-order valence-corrected chi connectivity index (χ1v) is 4.49. The van der Waals surface area contributed by atoms with Crippen LogP contribution in [0.15, 0.2) is 18.3 Å². The summed E-state index contributed by atoms with van der Waals surface area (Å²) in [5.74, 6) is -0.658. The number of carbonyl (C=O) groups excluding carboxylic acids is 1. The Bertz CT molecular complexity index is 390. The van der Waals surface area contributed by atoms with Gasteiger partial charge in [0.25, 0.3) is 0 Å². The van der Waals surface area contributed by atoms with Crippen LogP contribution in [0.2, 0.25) is 0 Å². The predicted octanol–water partition coefficient (Wildman–Crippen LogP) is 0.963. The molecule has 1 rings (SSSR count). The van der Waals surface area contributed by atoms with Crippen LogP contribution in [0.25, 0.3) is 0 Å². The summed E-state index contributed by atoms with van der Waals surface area (Å²) in [7, 11) is 1.29. The number of methoxy groups -OCH3 is 1. The highest BCUT2D eigenvalue weighted by atomic mass is 16.6. The molecule has 0 amide bonds. The average Bonchev–Trinajstić information content (AvgIpc) is 2.28. The van der Waals surface area contributed by atoms with Crippen molar-refractivity contribution in [2.75, 3.05) is 12.4 Å². The van der Waals surface area contributed by atoms with Crippen LogP contribution < -0.4 is 5.32 Å². The van der Waals surface area contributed by atoms with Crippen molar-refractivity contribution in [1.82, 2.24) is 4.98 Å². The van der Waals surface area contributed by atoms with Crippen LogP contribution >= 0.6 is 0 Å². The molecule has 86 valence electrons. The molecule has 1 unspecified atom stereocenters. The number of rotatable bonds is 4. The molecule has 0 saturated heterocycles. The zero-order valence-electron chi connectivity index (χ0n) is 8.84. The number of nitrogens with zero attached hydrogens (tertiary/aromatic N) is 2. The molecule has 16 heavy (non-hydrogen) atoms. The number of hydrogen-bond donors (Lipinski definition) is 1. The van der Waals surface area contributed by atoms with E-state index >= 15 is 0 Å². The van der Waals surface area contributed by atoms with Gasteiger partial charge >= 0.3 is 11.8 Å². The Hall–Kier alpha value is -2.18. The number of nitrogens with one attached hydrogen (secondary N) is 1. The fraction of sp³-hybridized carbons (Fsp3) is 0.333. The van der Waals surface area contributed by atoms with Crippen LogP contribution in [0.4, 0.5) is 11.5 Å². The normalized spacial score (nSPS) is 11.6. The third kappa shape index (κ3) is 2.91. The quantitative estimate of drug-likeness (QED) is 0.466. The second kappa shape index (κ2) is 5.06. The van der Waals surface area contributed by atoms with Gasteiger partial charge in [-0.1, -0.05) is 0 Å². The Morgan fingerprint density at radius 1 is 1.62 bits per heavy atom. The summed E-state index contributed by atoms with van der Waals surface area (Å²) in [6.07, 6.45) is 1.29. The van der Waals surface area contributed by atoms with Crippen molar-refractivity contribution in [3.8, 4) is 0 Å². The Balaban J connectivity index is 2.68. The van der Waals surface area contributed by atoms with E-state index in [2.05, 4.69) is 15.0 Å². The highest BCUT2D eigenvalue weighted by Gasteiger charge is 2.14. The highest BCUT2D eigenvalue weighted by Crippen LogP contribution is 2.12. The minimum atomic E-state index is -0.590. The van der Waals surface area contributed by atoms with Gasteiger partial charge in [0.1, 0.15) is 6.04 Å². The number of ether oxygens (including phenoxy) is 1. The van der Waals surface area contributed by atoms with Gasteiger partial charge in [0, 0.05) is 6.07 Å². The van der Waals surface area contributed by atoms with Crippen molar-refractivity contribution in [3.05, 3.63) is 28.4 Å². The zero-order chi connectivity index (χ0) is 12.1. The Kier molecular flexibility index (Phi) is 3.76. The molecular weight excluding hydrogens is 214 g/mol. The molecule has 0 aliphatic carbocycles. The second-order valence-corrected chi connectivity index (χ2v) is 3.05. The molecule has 0 aliphatic heterocycles. The fourth-order valence-corrected chi connectivity index (χ4v) is 1.07. The number of pyridine rings is 1. The third-order valence-electron chi connectivity index (χ3n) is 1.87. The highest BCUT2D eigenvalue weighted by molar-refractivity contribution is 5.78. The SMILES string of the molecule is COC(=O)C(C)Nc1ccc([N+](=O)[O-])nc1. The van der Waals surface area contributed by atoms with E-state index in [4.69, 9.17) is 0 Å². The van der Waals surface area contributed by atoms with Crippen molar-refractivity contribution in [2.24, 2.45) is 0 Å². The van der Waals surface area contributed by atoms with Crippen molar-refractivity contribution < 1.29 is 14.5 Å². The lowest BCUT2D eigenvalue weighted by molar-refractivity contribution is -0.389. The maximum absolute atomic E-state index is 11.1. The van der Waals surface area contributed by atoms with E-state index < -0.39 is 16.9 Å². The van der Waals surface area contributed by atoms with E-state index in [9.17, 15) is 14.9 Å². The number of anilines is 1. The van der Waals surface area contributed by atoms with E-state index in [1.807, 2.05) is 0 Å². The summed E-state index contributed by atoms with van der Waals surface area (Å²) >= 11 is 0. The molecule has 0 spiro atoms. The summed E-state index contributed by atoms with van der Waals surface area (Å²) in [5.41, 5.74) is 0.517. The smallest absolute Gasteiger partial charge is 0.363 e. The first-order chi connectivity index (χ1) is 7.54. The minimum absolute atomic E-state index is 0.240. The Morgan fingerprint density at radius 3 is 2.75 bits per heavy atom. The molecule has 0 fully saturated rings. The maximum atomic E-state index is 11.1. The standard InChI is InChI=1S/C9H11N3O4/c1-6(9(13)16-2)11-7-3-4-8(10-5-7)12(14)15/h3-6,11H,1-2H3. The van der Waals surface area contributed by atoms with E-state index in [1.165, 1.54) is 25.4 Å². The van der Waals surface area contributed by atoms with Crippen LogP contribution in [0.5, 0.6) is 0 Å². The lowest BCUT2D eigenvalue weighted by Crippen LogP contribution is -2.27. The lowest BCUT2D eigenvalue weighted by atomic mass is 10.3. The number of carbonyl (C=O) groups is 1. The van der Waals surface area contributed by atoms with Gasteiger partial charge in [0.05, 0.1) is 12.8 Å². The number of aromatic nitrogens is 1. The van der Waals surface area contributed by atoms with Crippen LogP contribution in [0, 0.1) is 10.1 Å². The van der Waals surface area contributed by atoms with Crippen LogP contribution in [0.1, 0.15) is 6.92 Å². The monoisotopic (exact) mass is 225 g/mol. The largest absolute Gasteiger partial charge is 0.467 e. The van der Waals surface area contributed by atoms with Gasteiger partial charge in [-0.25, -0.2) is 4.79 Å². The van der Waals surface area contributed by atoms with Gasteiger partial charge in [-0.2, -0.15) is 0 Å². The number of hydrogen-bond acceptors (Lipinski definition) is 6. The summed E-state index contributed by atoms with van der Waals surface area (Å²) in [6, 6.07) is 2.20. The molecule has 0 aromatic carbocycles. The second-order valence-electron chi connectivity index (χ2n) is 3.05. The molecule has 0 bridgehead atoms. The molecule has 1 aromatic heterocycles. The van der Waals surface area contributed by atoms with Crippen LogP contribution in [0.3, 0.4) is 0 Å². The van der Waals surface area contributed by atoms with Crippen molar-refractivity contribution in [3.63, 3.8) is 0 Å². The maximum Gasteiger partial charge on any atom is 0.363 e. The van der Waals surface area contributed by atoms with E-state index in [0.29, 0.717) is 5.69 Å². The Morgan fingerprint density at radius 2 is 2.31 bits per heavy atom. The predicted molar refractivity (Wildman–Crippen MR) is 56.0 cm³/mol. The van der Waals surface area contributed by atoms with Gasteiger partial charge in [-0.3, -0.25) is 0 Å². The van der Waals surface area contributed by atoms with Gasteiger partial charge in [0.2, 0.25) is 0 Å². The minimum Gasteiger partial charge on any atom is -0.467 e. The molecule has 1 heterocycles. The van der Waals surface area contributed by atoms with Crippen LogP contribution in [-0.2, 0) is 9.53 Å².